The number of benzene rings is 1. The molecule has 1 unspecified atom stereocenters. The number of ether oxygens (including phenoxy) is 2. The molecule has 3 amide bonds. The number of aryl methyl sites for hydroxylation is 1. The largest absolute Gasteiger partial charge is 0.496 e. The maximum Gasteiger partial charge on any atom is 0.259 e. The summed E-state index contributed by atoms with van der Waals surface area (Å²) in [6.07, 6.45) is 2.05. The van der Waals surface area contributed by atoms with Gasteiger partial charge in [-0.3, -0.25) is 19.1 Å². The summed E-state index contributed by atoms with van der Waals surface area (Å²) in [5.41, 5.74) is -1.37. The van der Waals surface area contributed by atoms with Gasteiger partial charge in [0.25, 0.3) is 5.91 Å². The van der Waals surface area contributed by atoms with Crippen LogP contribution in [-0.4, -0.2) is 97.7 Å². The highest BCUT2D eigenvalue weighted by atomic mass is 32.2. The van der Waals surface area contributed by atoms with Crippen LogP contribution in [0.3, 0.4) is 0 Å². The second kappa shape index (κ2) is 14.1. The summed E-state index contributed by atoms with van der Waals surface area (Å²) in [4.78, 5) is 55.4. The SMILES string of the molecule is C=C[C@@H]1C[C@]1(NC(=O)[C@@H]1C[C@@H](Oc2nc(N(C)C)cc3c(OC)cccc23)CN1C(=O)C(Nc1cccc(C)n1)C(C)(C)C)C(=O)NS(=O)(=O)C1CC1. The number of hydrogen-bond acceptors (Lipinski definition) is 11. The summed E-state index contributed by atoms with van der Waals surface area (Å²) < 4.78 is 39.9. The molecule has 14 nitrogen and oxygen atoms in total. The number of likely N-dealkylation sites (tertiary alicyclic amines) is 1. The molecule has 1 aromatic carbocycles. The van der Waals surface area contributed by atoms with E-state index in [9.17, 15) is 22.8 Å². The Morgan fingerprint density at radius 2 is 1.81 bits per heavy atom. The number of hydrogen-bond donors (Lipinski definition) is 3. The predicted molar refractivity (Wildman–Crippen MR) is 202 cm³/mol. The second-order valence-corrected chi connectivity index (χ2v) is 17.5. The van der Waals surface area contributed by atoms with Gasteiger partial charge in [0.2, 0.25) is 27.7 Å². The maximum atomic E-state index is 14.7. The highest BCUT2D eigenvalue weighted by Crippen LogP contribution is 2.46. The number of fused-ring (bicyclic) bond motifs is 1. The van der Waals surface area contributed by atoms with E-state index in [1.54, 1.807) is 13.2 Å². The Bertz CT molecular complexity index is 2050. The first-order valence-corrected chi connectivity index (χ1v) is 19.3. The summed E-state index contributed by atoms with van der Waals surface area (Å²) in [6, 6.07) is 11.1. The number of amides is 3. The van der Waals surface area contributed by atoms with Gasteiger partial charge in [-0.1, -0.05) is 39.0 Å². The molecular formula is C38H49N7O7S. The van der Waals surface area contributed by atoms with Gasteiger partial charge < -0.3 is 29.9 Å². The summed E-state index contributed by atoms with van der Waals surface area (Å²) in [5, 5.41) is 7.01. The van der Waals surface area contributed by atoms with Crippen molar-refractivity contribution in [3.8, 4) is 11.6 Å². The zero-order valence-electron chi connectivity index (χ0n) is 31.3. The molecule has 2 saturated carbocycles. The van der Waals surface area contributed by atoms with Gasteiger partial charge in [0.05, 0.1) is 18.9 Å². The van der Waals surface area contributed by atoms with Crippen LogP contribution < -0.4 is 29.7 Å². The average molecular weight is 748 g/mol. The highest BCUT2D eigenvalue weighted by Gasteiger charge is 2.62. The molecule has 0 spiro atoms. The summed E-state index contributed by atoms with van der Waals surface area (Å²) in [7, 11) is 1.44. The number of rotatable bonds is 13. The average Bonchev–Trinajstić information content (AvgIpc) is 4.03. The summed E-state index contributed by atoms with van der Waals surface area (Å²) in [6.45, 7) is 11.5. The van der Waals surface area contributed by atoms with Gasteiger partial charge in [-0.25, -0.2) is 13.4 Å². The van der Waals surface area contributed by atoms with Crippen molar-refractivity contribution in [3.05, 3.63) is 60.8 Å². The smallest absolute Gasteiger partial charge is 0.259 e. The highest BCUT2D eigenvalue weighted by molar-refractivity contribution is 7.91. The molecule has 1 saturated heterocycles. The fraction of sp³-hybridized carbons (Fsp3) is 0.500. The first-order chi connectivity index (χ1) is 25.0. The van der Waals surface area contributed by atoms with Gasteiger partial charge in [0.15, 0.2) is 0 Å². The first-order valence-electron chi connectivity index (χ1n) is 17.8. The molecule has 3 heterocycles. The quantitative estimate of drug-likeness (QED) is 0.219. The molecule has 0 radical (unpaired) electrons. The van der Waals surface area contributed by atoms with Gasteiger partial charge in [0.1, 0.15) is 41.1 Å². The lowest BCUT2D eigenvalue weighted by Gasteiger charge is -2.36. The Hall–Kier alpha value is -4.92. The Morgan fingerprint density at radius 1 is 1.09 bits per heavy atom. The lowest BCUT2D eigenvalue weighted by molar-refractivity contribution is -0.141. The van der Waals surface area contributed by atoms with Crippen LogP contribution in [0.1, 0.15) is 52.1 Å². The number of pyridine rings is 2. The minimum atomic E-state index is -3.88. The maximum absolute atomic E-state index is 14.7. The molecule has 15 heteroatoms. The Balaban J connectivity index is 1.34. The van der Waals surface area contributed by atoms with Crippen molar-refractivity contribution in [3.63, 3.8) is 0 Å². The fourth-order valence-electron chi connectivity index (χ4n) is 6.84. The molecule has 3 N–H and O–H groups in total. The number of methoxy groups -OCH3 is 1. The normalized spacial score (nSPS) is 23.2. The minimum Gasteiger partial charge on any atom is -0.496 e. The molecule has 3 aromatic rings. The van der Waals surface area contributed by atoms with Crippen molar-refractivity contribution >= 4 is 50.2 Å². The number of sulfonamides is 1. The number of carbonyl (C=O) groups excluding carboxylic acids is 3. The van der Waals surface area contributed by atoms with E-state index in [1.807, 2.05) is 83.1 Å². The third-order valence-electron chi connectivity index (χ3n) is 10.1. The second-order valence-electron chi connectivity index (χ2n) is 15.5. The van der Waals surface area contributed by atoms with Gasteiger partial charge in [-0.2, -0.15) is 4.98 Å². The summed E-state index contributed by atoms with van der Waals surface area (Å²) >= 11 is 0. The first kappa shape index (κ1) is 37.8. The molecule has 6 rings (SSSR count). The monoisotopic (exact) mass is 747 g/mol. The van der Waals surface area contributed by atoms with Crippen LogP contribution in [0.2, 0.25) is 0 Å². The van der Waals surface area contributed by atoms with Crippen molar-refractivity contribution in [2.45, 2.75) is 82.4 Å². The van der Waals surface area contributed by atoms with E-state index in [-0.39, 0.29) is 25.3 Å². The predicted octanol–water partition coefficient (Wildman–Crippen LogP) is 3.56. The van der Waals surface area contributed by atoms with Crippen molar-refractivity contribution in [1.29, 1.82) is 0 Å². The number of carbonyl (C=O) groups is 3. The number of anilines is 2. The van der Waals surface area contributed by atoms with Gasteiger partial charge in [-0.15, -0.1) is 6.58 Å². The molecular weight excluding hydrogens is 699 g/mol. The zero-order chi connectivity index (χ0) is 38.5. The lowest BCUT2D eigenvalue weighted by atomic mass is 9.85. The van der Waals surface area contributed by atoms with Gasteiger partial charge >= 0.3 is 0 Å². The Labute approximate surface area is 310 Å². The van der Waals surface area contributed by atoms with Crippen molar-refractivity contribution in [2.75, 3.05) is 38.0 Å². The molecule has 2 aromatic heterocycles. The Kier molecular flexibility index (Phi) is 10.1. The molecule has 3 fully saturated rings. The molecule has 284 valence electrons. The van der Waals surface area contributed by atoms with E-state index in [0.29, 0.717) is 41.5 Å². The van der Waals surface area contributed by atoms with Crippen molar-refractivity contribution in [2.24, 2.45) is 11.3 Å². The van der Waals surface area contributed by atoms with Crippen LogP contribution in [0.15, 0.2) is 55.1 Å². The molecule has 1 aliphatic heterocycles. The van der Waals surface area contributed by atoms with Crippen LogP contribution >= 0.6 is 0 Å². The molecule has 5 atom stereocenters. The van der Waals surface area contributed by atoms with E-state index >= 15 is 0 Å². The molecule has 3 aliphatic rings. The van der Waals surface area contributed by atoms with Crippen molar-refractivity contribution in [1.82, 2.24) is 24.9 Å². The van der Waals surface area contributed by atoms with Gasteiger partial charge in [-0.05, 0) is 61.9 Å². The van der Waals surface area contributed by atoms with Crippen LogP contribution in [-0.2, 0) is 24.4 Å². The van der Waals surface area contributed by atoms with Crippen LogP contribution in [0.4, 0.5) is 11.6 Å². The zero-order valence-corrected chi connectivity index (χ0v) is 32.1. The van der Waals surface area contributed by atoms with E-state index < -0.39 is 62.1 Å². The van der Waals surface area contributed by atoms with Crippen LogP contribution in [0.25, 0.3) is 10.8 Å². The number of nitrogens with one attached hydrogen (secondary N) is 3. The minimum absolute atomic E-state index is 0.0336. The third-order valence-corrected chi connectivity index (χ3v) is 12.0. The summed E-state index contributed by atoms with van der Waals surface area (Å²) in [5.74, 6) is -0.182. The van der Waals surface area contributed by atoms with E-state index in [0.717, 1.165) is 11.1 Å². The van der Waals surface area contributed by atoms with Crippen LogP contribution in [0.5, 0.6) is 11.6 Å². The van der Waals surface area contributed by atoms with E-state index in [4.69, 9.17) is 14.5 Å². The molecule has 53 heavy (non-hydrogen) atoms. The molecule has 0 bridgehead atoms. The number of aromatic nitrogens is 2. The topological polar surface area (TPSA) is 172 Å². The van der Waals surface area contributed by atoms with Crippen LogP contribution in [0, 0.1) is 18.3 Å². The van der Waals surface area contributed by atoms with Crippen molar-refractivity contribution < 1.29 is 32.3 Å². The Morgan fingerprint density at radius 3 is 2.42 bits per heavy atom. The van der Waals surface area contributed by atoms with E-state index in [1.165, 1.54) is 11.0 Å². The molecule has 2 aliphatic carbocycles. The fourth-order valence-corrected chi connectivity index (χ4v) is 8.20. The standard InChI is InChI=1S/C38H49N7O7S/c1-9-23-20-38(23,36(48)43-53(49,50)25-16-17-25)42-33(46)28-18-24(52-34-26-13-11-14-29(51-8)27(26)19-31(41-34)44(6)7)21-45(28)35(47)32(37(3,4)5)40-30-15-10-12-22(2)39-30/h9-15,19,23-25,28,32H,1,16-18,20-21H2,2-8H3,(H,39,40)(H,42,46)(H,43,48)/t23-,24-,28+,32?,38-/m1/s1. The third kappa shape index (κ3) is 7.75. The number of nitrogens with zero attached hydrogens (tertiary/aromatic N) is 4. The van der Waals surface area contributed by atoms with E-state index in [2.05, 4.69) is 26.9 Å². The lowest BCUT2D eigenvalue weighted by Crippen LogP contribution is -2.58. The van der Waals surface area contributed by atoms with Gasteiger partial charge in [0, 0.05) is 42.9 Å².